The summed E-state index contributed by atoms with van der Waals surface area (Å²) in [5.41, 5.74) is 2.16. The van der Waals surface area contributed by atoms with E-state index in [-0.39, 0.29) is 17.9 Å². The molecule has 7 heteroatoms. The highest BCUT2D eigenvalue weighted by atomic mass is 35.5. The predicted octanol–water partition coefficient (Wildman–Crippen LogP) is 4.22. The Morgan fingerprint density at radius 2 is 1.70 bits per heavy atom. The number of hydrogen-bond acceptors (Lipinski definition) is 4. The van der Waals surface area contributed by atoms with Crippen LogP contribution in [-0.2, 0) is 21.2 Å². The van der Waals surface area contributed by atoms with Gasteiger partial charge in [0.1, 0.15) is 0 Å². The number of nitrogens with zero attached hydrogens (tertiary/aromatic N) is 1. The van der Waals surface area contributed by atoms with Crippen molar-refractivity contribution >= 4 is 27.3 Å². The lowest BCUT2D eigenvalue weighted by molar-refractivity contribution is -0.127. The molecule has 162 valence electrons. The summed E-state index contributed by atoms with van der Waals surface area (Å²) in [5.74, 6) is 0.0935. The molecule has 0 aromatic heterocycles. The molecule has 1 amide bonds. The first-order valence-electron chi connectivity index (χ1n) is 10.3. The Balaban J connectivity index is 1.53. The van der Waals surface area contributed by atoms with Crippen LogP contribution in [0.25, 0.3) is 0 Å². The van der Waals surface area contributed by atoms with Crippen molar-refractivity contribution in [2.45, 2.75) is 43.7 Å². The second-order valence-electron chi connectivity index (χ2n) is 7.99. The zero-order chi connectivity index (χ0) is 21.7. The standard InChI is InChI=1S/C23H29ClN2O3S/c1-3-22(18-6-10-21(11-7-18)30(2,28)29)25-23(27)19-12-14-26(15-13-19)16-17-4-8-20(24)9-5-17/h4-11,19,22H,3,12-16H2,1-2H3,(H,25,27)/t22-/m0/s1. The average Bonchev–Trinajstić information content (AvgIpc) is 2.73. The fourth-order valence-corrected chi connectivity index (χ4v) is 4.62. The highest BCUT2D eigenvalue weighted by Gasteiger charge is 2.26. The van der Waals surface area contributed by atoms with E-state index in [4.69, 9.17) is 11.6 Å². The first-order chi connectivity index (χ1) is 14.3. The number of amides is 1. The van der Waals surface area contributed by atoms with Crippen LogP contribution in [0.3, 0.4) is 0 Å². The molecule has 0 spiro atoms. The topological polar surface area (TPSA) is 66.5 Å². The van der Waals surface area contributed by atoms with E-state index in [0.29, 0.717) is 4.90 Å². The number of piperidine rings is 1. The predicted molar refractivity (Wildman–Crippen MR) is 120 cm³/mol. The van der Waals surface area contributed by atoms with Gasteiger partial charge in [0.25, 0.3) is 0 Å². The van der Waals surface area contributed by atoms with Gasteiger partial charge in [-0.1, -0.05) is 42.8 Å². The number of carbonyl (C=O) groups excluding carboxylic acids is 1. The van der Waals surface area contributed by atoms with Crippen molar-refractivity contribution in [3.05, 3.63) is 64.7 Å². The number of rotatable bonds is 7. The smallest absolute Gasteiger partial charge is 0.223 e. The summed E-state index contributed by atoms with van der Waals surface area (Å²) in [6.45, 7) is 4.67. The quantitative estimate of drug-likeness (QED) is 0.688. The zero-order valence-corrected chi connectivity index (χ0v) is 19.0. The van der Waals surface area contributed by atoms with E-state index in [9.17, 15) is 13.2 Å². The van der Waals surface area contributed by atoms with Crippen molar-refractivity contribution in [3.63, 3.8) is 0 Å². The summed E-state index contributed by atoms with van der Waals surface area (Å²) in [6, 6.07) is 14.6. The number of hydrogen-bond donors (Lipinski definition) is 1. The van der Waals surface area contributed by atoms with E-state index in [1.807, 2.05) is 31.2 Å². The van der Waals surface area contributed by atoms with Crippen LogP contribution in [0.5, 0.6) is 0 Å². The molecule has 0 unspecified atom stereocenters. The Hall–Kier alpha value is -1.89. The largest absolute Gasteiger partial charge is 0.349 e. The van der Waals surface area contributed by atoms with Gasteiger partial charge in [0.05, 0.1) is 10.9 Å². The number of carbonyl (C=O) groups is 1. The number of benzene rings is 2. The fraction of sp³-hybridized carbons (Fsp3) is 0.435. The molecule has 1 saturated heterocycles. The molecule has 5 nitrogen and oxygen atoms in total. The number of likely N-dealkylation sites (tertiary alicyclic amines) is 1. The van der Waals surface area contributed by atoms with Crippen LogP contribution in [-0.4, -0.2) is 38.6 Å². The normalized spacial score (nSPS) is 16.9. The fourth-order valence-electron chi connectivity index (χ4n) is 3.86. The average molecular weight is 449 g/mol. The lowest BCUT2D eigenvalue weighted by Crippen LogP contribution is -2.41. The Morgan fingerprint density at radius 3 is 2.23 bits per heavy atom. The van der Waals surface area contributed by atoms with E-state index in [2.05, 4.69) is 10.2 Å². The van der Waals surface area contributed by atoms with Gasteiger partial charge in [0, 0.05) is 23.7 Å². The van der Waals surface area contributed by atoms with Crippen molar-refractivity contribution in [2.24, 2.45) is 5.92 Å². The molecule has 1 N–H and O–H groups in total. The Labute approximate surface area is 184 Å². The number of nitrogens with one attached hydrogen (secondary N) is 1. The summed E-state index contributed by atoms with van der Waals surface area (Å²) < 4.78 is 23.3. The SMILES string of the molecule is CC[C@H](NC(=O)C1CCN(Cc2ccc(Cl)cc2)CC1)c1ccc(S(C)(=O)=O)cc1. The van der Waals surface area contributed by atoms with Crippen molar-refractivity contribution in [2.75, 3.05) is 19.3 Å². The summed E-state index contributed by atoms with van der Waals surface area (Å²) in [4.78, 5) is 15.5. The molecule has 1 aliphatic heterocycles. The molecule has 30 heavy (non-hydrogen) atoms. The van der Waals surface area contributed by atoms with Crippen molar-refractivity contribution < 1.29 is 13.2 Å². The van der Waals surface area contributed by atoms with Crippen LogP contribution in [0.2, 0.25) is 5.02 Å². The molecule has 0 bridgehead atoms. The highest BCUT2D eigenvalue weighted by Crippen LogP contribution is 2.23. The lowest BCUT2D eigenvalue weighted by atomic mass is 9.94. The van der Waals surface area contributed by atoms with Crippen molar-refractivity contribution in [3.8, 4) is 0 Å². The third kappa shape index (κ3) is 6.06. The first kappa shape index (κ1) is 22.8. The molecule has 2 aromatic rings. The minimum Gasteiger partial charge on any atom is -0.349 e. The second-order valence-corrected chi connectivity index (χ2v) is 10.4. The van der Waals surface area contributed by atoms with Gasteiger partial charge in [0.2, 0.25) is 5.91 Å². The monoisotopic (exact) mass is 448 g/mol. The van der Waals surface area contributed by atoms with E-state index in [1.54, 1.807) is 24.3 Å². The van der Waals surface area contributed by atoms with Gasteiger partial charge < -0.3 is 5.32 Å². The van der Waals surface area contributed by atoms with Crippen LogP contribution in [0, 0.1) is 5.92 Å². The molecular formula is C23H29ClN2O3S. The van der Waals surface area contributed by atoms with Gasteiger partial charge in [-0.3, -0.25) is 9.69 Å². The molecule has 0 aliphatic carbocycles. The van der Waals surface area contributed by atoms with Gasteiger partial charge in [-0.2, -0.15) is 0 Å². The van der Waals surface area contributed by atoms with Crippen LogP contribution < -0.4 is 5.32 Å². The van der Waals surface area contributed by atoms with Crippen molar-refractivity contribution in [1.82, 2.24) is 10.2 Å². The Kier molecular flexibility index (Phi) is 7.55. The van der Waals surface area contributed by atoms with Gasteiger partial charge in [-0.15, -0.1) is 0 Å². The van der Waals surface area contributed by atoms with Crippen molar-refractivity contribution in [1.29, 1.82) is 0 Å². The molecule has 1 fully saturated rings. The Bertz CT molecular complexity index is 951. The lowest BCUT2D eigenvalue weighted by Gasteiger charge is -2.32. The maximum absolute atomic E-state index is 12.8. The van der Waals surface area contributed by atoms with Gasteiger partial charge in [-0.05, 0) is 67.7 Å². The van der Waals surface area contributed by atoms with E-state index in [1.165, 1.54) is 11.8 Å². The molecule has 1 atom stereocenters. The minimum absolute atomic E-state index is 0.0100. The summed E-state index contributed by atoms with van der Waals surface area (Å²) >= 11 is 5.95. The maximum Gasteiger partial charge on any atom is 0.223 e. The summed E-state index contributed by atoms with van der Waals surface area (Å²) in [7, 11) is -3.22. The first-order valence-corrected chi connectivity index (χ1v) is 12.6. The molecule has 0 saturated carbocycles. The van der Waals surface area contributed by atoms with Crippen LogP contribution >= 0.6 is 11.6 Å². The highest BCUT2D eigenvalue weighted by molar-refractivity contribution is 7.90. The van der Waals surface area contributed by atoms with Gasteiger partial charge in [-0.25, -0.2) is 8.42 Å². The summed E-state index contributed by atoms with van der Waals surface area (Å²) in [5, 5.41) is 3.90. The molecule has 1 aliphatic rings. The van der Waals surface area contributed by atoms with Crippen LogP contribution in [0.1, 0.15) is 43.4 Å². The van der Waals surface area contributed by atoms with Gasteiger partial charge >= 0.3 is 0 Å². The molecule has 3 rings (SSSR count). The zero-order valence-electron chi connectivity index (χ0n) is 17.5. The molecule has 2 aromatic carbocycles. The second kappa shape index (κ2) is 9.94. The van der Waals surface area contributed by atoms with Crippen LogP contribution in [0.15, 0.2) is 53.4 Å². The summed E-state index contributed by atoms with van der Waals surface area (Å²) in [6.07, 6.45) is 3.62. The number of sulfone groups is 1. The maximum atomic E-state index is 12.8. The van der Waals surface area contributed by atoms with E-state index < -0.39 is 9.84 Å². The van der Waals surface area contributed by atoms with E-state index >= 15 is 0 Å². The third-order valence-corrected chi connectivity index (χ3v) is 7.09. The van der Waals surface area contributed by atoms with E-state index in [0.717, 1.165) is 49.5 Å². The molecule has 1 heterocycles. The third-order valence-electron chi connectivity index (χ3n) is 5.71. The Morgan fingerprint density at radius 1 is 1.10 bits per heavy atom. The van der Waals surface area contributed by atoms with Crippen LogP contribution in [0.4, 0.5) is 0 Å². The number of halogens is 1. The molecular weight excluding hydrogens is 420 g/mol. The molecule has 0 radical (unpaired) electrons. The van der Waals surface area contributed by atoms with Gasteiger partial charge in [0.15, 0.2) is 9.84 Å². The minimum atomic E-state index is -3.22.